The van der Waals surface area contributed by atoms with Crippen molar-refractivity contribution in [1.82, 2.24) is 15.1 Å². The molecule has 0 saturated heterocycles. The summed E-state index contributed by atoms with van der Waals surface area (Å²) in [7, 11) is 0. The van der Waals surface area contributed by atoms with Gasteiger partial charge < -0.3 is 10.4 Å². The summed E-state index contributed by atoms with van der Waals surface area (Å²) in [5, 5.41) is 17.6. The lowest BCUT2D eigenvalue weighted by Crippen LogP contribution is -2.37. The fraction of sp³-hybridized carbons (Fsp3) is 0.786. The van der Waals surface area contributed by atoms with Crippen LogP contribution in [0.5, 0.6) is 0 Å². The summed E-state index contributed by atoms with van der Waals surface area (Å²) in [6.07, 6.45) is 12.6. The van der Waals surface area contributed by atoms with Crippen molar-refractivity contribution in [2.75, 3.05) is 6.54 Å². The van der Waals surface area contributed by atoms with E-state index < -0.39 is 0 Å². The highest BCUT2D eigenvalue weighted by atomic mass is 16.3. The number of hydrogen-bond donors (Lipinski definition) is 2. The van der Waals surface area contributed by atoms with Crippen LogP contribution in [0.25, 0.3) is 0 Å². The van der Waals surface area contributed by atoms with Crippen LogP contribution in [0, 0.1) is 0 Å². The summed E-state index contributed by atoms with van der Waals surface area (Å²) in [6.45, 7) is 1.25. The number of aliphatic hydroxyl groups excluding tert-OH is 1. The Kier molecular flexibility index (Phi) is 5.68. The predicted octanol–water partition coefficient (Wildman–Crippen LogP) is 1.95. The van der Waals surface area contributed by atoms with Gasteiger partial charge in [0.1, 0.15) is 0 Å². The Morgan fingerprint density at radius 3 is 2.61 bits per heavy atom. The standard InChI is InChI=1S/C14H25N3O/c18-14(12-17-10-6-9-16-17)11-15-13-7-4-2-1-3-5-8-13/h6,9-10,13-15,18H,1-5,7-8,11-12H2. The second-order valence-corrected chi connectivity index (χ2v) is 5.33. The Bertz CT molecular complexity index is 305. The van der Waals surface area contributed by atoms with Crippen molar-refractivity contribution in [3.05, 3.63) is 18.5 Å². The van der Waals surface area contributed by atoms with Gasteiger partial charge in [-0.15, -0.1) is 0 Å². The number of nitrogens with one attached hydrogen (secondary N) is 1. The van der Waals surface area contributed by atoms with Crippen molar-refractivity contribution in [3.8, 4) is 0 Å². The molecule has 1 aliphatic rings. The fourth-order valence-corrected chi connectivity index (χ4v) is 2.65. The van der Waals surface area contributed by atoms with Gasteiger partial charge in [-0.3, -0.25) is 4.68 Å². The minimum atomic E-state index is -0.352. The first kappa shape index (κ1) is 13.6. The molecule has 18 heavy (non-hydrogen) atoms. The molecule has 102 valence electrons. The molecule has 1 aromatic heterocycles. The molecule has 0 aliphatic heterocycles. The highest BCUT2D eigenvalue weighted by molar-refractivity contribution is 4.79. The van der Waals surface area contributed by atoms with E-state index in [4.69, 9.17) is 0 Å². The van der Waals surface area contributed by atoms with Crippen LogP contribution >= 0.6 is 0 Å². The molecule has 1 aromatic rings. The van der Waals surface area contributed by atoms with Gasteiger partial charge in [0.15, 0.2) is 0 Å². The van der Waals surface area contributed by atoms with Crippen LogP contribution in [0.2, 0.25) is 0 Å². The molecule has 0 radical (unpaired) electrons. The zero-order valence-corrected chi connectivity index (χ0v) is 11.1. The molecule has 2 rings (SSSR count). The van der Waals surface area contributed by atoms with Gasteiger partial charge in [-0.1, -0.05) is 32.1 Å². The lowest BCUT2D eigenvalue weighted by atomic mass is 9.96. The van der Waals surface area contributed by atoms with E-state index in [-0.39, 0.29) is 6.10 Å². The number of aromatic nitrogens is 2. The second kappa shape index (κ2) is 7.54. The SMILES string of the molecule is OC(CNC1CCCCCCC1)Cn1cccn1. The third-order valence-corrected chi connectivity index (χ3v) is 3.70. The Hall–Kier alpha value is -0.870. The van der Waals surface area contributed by atoms with Crippen LogP contribution in [0.3, 0.4) is 0 Å². The first-order valence-corrected chi connectivity index (χ1v) is 7.23. The van der Waals surface area contributed by atoms with Gasteiger partial charge in [-0.25, -0.2) is 0 Å². The van der Waals surface area contributed by atoms with Gasteiger partial charge in [0.25, 0.3) is 0 Å². The number of hydrogen-bond acceptors (Lipinski definition) is 3. The molecule has 0 bridgehead atoms. The first-order valence-electron chi connectivity index (χ1n) is 7.23. The Balaban J connectivity index is 1.66. The van der Waals surface area contributed by atoms with Crippen molar-refractivity contribution in [1.29, 1.82) is 0 Å². The van der Waals surface area contributed by atoms with Crippen molar-refractivity contribution in [2.45, 2.75) is 63.6 Å². The van der Waals surface area contributed by atoms with Crippen LogP contribution in [0.1, 0.15) is 44.9 Å². The van der Waals surface area contributed by atoms with E-state index in [2.05, 4.69) is 10.4 Å². The molecule has 1 saturated carbocycles. The molecule has 0 aromatic carbocycles. The summed E-state index contributed by atoms with van der Waals surface area (Å²) in [6, 6.07) is 2.48. The zero-order chi connectivity index (χ0) is 12.6. The Morgan fingerprint density at radius 2 is 1.94 bits per heavy atom. The molecular weight excluding hydrogens is 226 g/mol. The molecule has 0 amide bonds. The van der Waals surface area contributed by atoms with Gasteiger partial charge in [-0.05, 0) is 18.9 Å². The van der Waals surface area contributed by atoms with E-state index in [0.29, 0.717) is 19.1 Å². The average Bonchev–Trinajstić information content (AvgIpc) is 2.80. The van der Waals surface area contributed by atoms with Crippen LogP contribution in [0.15, 0.2) is 18.5 Å². The van der Waals surface area contributed by atoms with Crippen LogP contribution in [-0.2, 0) is 6.54 Å². The minimum absolute atomic E-state index is 0.352. The summed E-state index contributed by atoms with van der Waals surface area (Å²) in [5.41, 5.74) is 0. The third kappa shape index (κ3) is 4.78. The zero-order valence-electron chi connectivity index (χ0n) is 11.1. The monoisotopic (exact) mass is 251 g/mol. The molecule has 1 heterocycles. The predicted molar refractivity (Wildman–Crippen MR) is 72.3 cm³/mol. The molecule has 2 N–H and O–H groups in total. The van der Waals surface area contributed by atoms with Crippen molar-refractivity contribution in [3.63, 3.8) is 0 Å². The van der Waals surface area contributed by atoms with Crippen LogP contribution in [0.4, 0.5) is 0 Å². The molecule has 4 heteroatoms. The van der Waals surface area contributed by atoms with E-state index in [1.165, 1.54) is 44.9 Å². The first-order chi connectivity index (χ1) is 8.84. The van der Waals surface area contributed by atoms with Crippen LogP contribution in [-0.4, -0.2) is 33.6 Å². The largest absolute Gasteiger partial charge is 0.390 e. The van der Waals surface area contributed by atoms with E-state index in [1.54, 1.807) is 10.9 Å². The van der Waals surface area contributed by atoms with E-state index in [1.807, 2.05) is 12.3 Å². The molecule has 1 aliphatic carbocycles. The van der Waals surface area contributed by atoms with E-state index in [0.717, 1.165) is 0 Å². The molecule has 0 spiro atoms. The topological polar surface area (TPSA) is 50.1 Å². The third-order valence-electron chi connectivity index (χ3n) is 3.70. The van der Waals surface area contributed by atoms with Gasteiger partial charge in [0.05, 0.1) is 12.6 Å². The molecule has 1 unspecified atom stereocenters. The van der Waals surface area contributed by atoms with Crippen molar-refractivity contribution < 1.29 is 5.11 Å². The molecule has 1 atom stereocenters. The van der Waals surface area contributed by atoms with Gasteiger partial charge in [-0.2, -0.15) is 5.10 Å². The maximum atomic E-state index is 9.95. The van der Waals surface area contributed by atoms with E-state index >= 15 is 0 Å². The van der Waals surface area contributed by atoms with Gasteiger partial charge in [0, 0.05) is 25.0 Å². The molecule has 4 nitrogen and oxygen atoms in total. The number of rotatable bonds is 5. The van der Waals surface area contributed by atoms with Crippen LogP contribution < -0.4 is 5.32 Å². The Labute approximate surface area is 109 Å². The molecular formula is C14H25N3O. The lowest BCUT2D eigenvalue weighted by molar-refractivity contribution is 0.140. The van der Waals surface area contributed by atoms with Gasteiger partial charge in [0.2, 0.25) is 0 Å². The summed E-state index contributed by atoms with van der Waals surface area (Å²) < 4.78 is 1.78. The number of nitrogens with zero attached hydrogens (tertiary/aromatic N) is 2. The maximum absolute atomic E-state index is 9.95. The average molecular weight is 251 g/mol. The van der Waals surface area contributed by atoms with Gasteiger partial charge >= 0.3 is 0 Å². The van der Waals surface area contributed by atoms with Crippen molar-refractivity contribution in [2.24, 2.45) is 0 Å². The fourth-order valence-electron chi connectivity index (χ4n) is 2.65. The quantitative estimate of drug-likeness (QED) is 0.841. The minimum Gasteiger partial charge on any atom is -0.390 e. The smallest absolute Gasteiger partial charge is 0.0860 e. The number of aliphatic hydroxyl groups is 1. The van der Waals surface area contributed by atoms with E-state index in [9.17, 15) is 5.11 Å². The highest BCUT2D eigenvalue weighted by Gasteiger charge is 2.13. The summed E-state index contributed by atoms with van der Waals surface area (Å²) in [5.74, 6) is 0. The normalized spacial score (nSPS) is 20.3. The highest BCUT2D eigenvalue weighted by Crippen LogP contribution is 2.16. The lowest BCUT2D eigenvalue weighted by Gasteiger charge is -2.22. The Morgan fingerprint density at radius 1 is 1.22 bits per heavy atom. The summed E-state index contributed by atoms with van der Waals surface area (Å²) in [4.78, 5) is 0. The second-order valence-electron chi connectivity index (χ2n) is 5.33. The van der Waals surface area contributed by atoms with Crippen molar-refractivity contribution >= 4 is 0 Å². The maximum Gasteiger partial charge on any atom is 0.0860 e. The summed E-state index contributed by atoms with van der Waals surface area (Å²) >= 11 is 0. The molecule has 1 fully saturated rings.